The summed E-state index contributed by atoms with van der Waals surface area (Å²) in [5, 5.41) is 4.95. The van der Waals surface area contributed by atoms with Gasteiger partial charge in [-0.3, -0.25) is 4.79 Å². The lowest BCUT2D eigenvalue weighted by Gasteiger charge is -2.13. The molecule has 94 valence electrons. The molecule has 1 aromatic heterocycles. The molecule has 5 heteroatoms. The Bertz CT molecular complexity index is 554. The molecule has 0 aliphatic carbocycles. The van der Waals surface area contributed by atoms with Crippen LogP contribution in [0.25, 0.3) is 0 Å². The Morgan fingerprint density at radius 1 is 1.44 bits per heavy atom. The fourth-order valence-electron chi connectivity index (χ4n) is 1.60. The molecule has 2 rings (SSSR count). The van der Waals surface area contributed by atoms with E-state index < -0.39 is 0 Å². The molecule has 1 heterocycles. The van der Waals surface area contributed by atoms with Gasteiger partial charge >= 0.3 is 0 Å². The summed E-state index contributed by atoms with van der Waals surface area (Å²) < 4.78 is 0.743. The van der Waals surface area contributed by atoms with Gasteiger partial charge < -0.3 is 11.1 Å². The van der Waals surface area contributed by atoms with Crippen LogP contribution in [0.3, 0.4) is 0 Å². The highest BCUT2D eigenvalue weighted by molar-refractivity contribution is 9.10. The van der Waals surface area contributed by atoms with Crippen molar-refractivity contribution < 1.29 is 4.79 Å². The van der Waals surface area contributed by atoms with E-state index in [9.17, 15) is 4.79 Å². The number of amides is 1. The molecule has 18 heavy (non-hydrogen) atoms. The van der Waals surface area contributed by atoms with Gasteiger partial charge in [-0.2, -0.15) is 0 Å². The Morgan fingerprint density at radius 3 is 2.89 bits per heavy atom. The van der Waals surface area contributed by atoms with Gasteiger partial charge in [0.15, 0.2) is 0 Å². The second-order valence-electron chi connectivity index (χ2n) is 3.95. The van der Waals surface area contributed by atoms with Gasteiger partial charge in [0.25, 0.3) is 5.91 Å². The molecule has 0 aliphatic heterocycles. The molecule has 1 amide bonds. The lowest BCUT2D eigenvalue weighted by Crippen LogP contribution is -2.26. The summed E-state index contributed by atoms with van der Waals surface area (Å²) >= 11 is 4.98. The minimum atomic E-state index is -0.130. The Kier molecular flexibility index (Phi) is 4.04. The number of hydrogen-bond donors (Lipinski definition) is 2. The molecule has 0 bridgehead atoms. The number of carbonyl (C=O) groups is 1. The molecule has 0 aliphatic rings. The first-order valence-electron chi connectivity index (χ1n) is 5.47. The minimum Gasteiger partial charge on any atom is -0.399 e. The third kappa shape index (κ3) is 2.91. The van der Waals surface area contributed by atoms with Crippen molar-refractivity contribution in [1.82, 2.24) is 5.32 Å². The van der Waals surface area contributed by atoms with Gasteiger partial charge in [0.2, 0.25) is 0 Å². The SMILES string of the molecule is C[C@@H](NC(=O)c1cc(N)ccc1Br)c1cccs1. The lowest BCUT2D eigenvalue weighted by molar-refractivity contribution is 0.0940. The van der Waals surface area contributed by atoms with Crippen LogP contribution in [-0.2, 0) is 0 Å². The van der Waals surface area contributed by atoms with E-state index in [4.69, 9.17) is 5.73 Å². The summed E-state index contributed by atoms with van der Waals surface area (Å²) in [6.45, 7) is 1.96. The van der Waals surface area contributed by atoms with Crippen LogP contribution in [0.5, 0.6) is 0 Å². The van der Waals surface area contributed by atoms with E-state index in [1.165, 1.54) is 0 Å². The smallest absolute Gasteiger partial charge is 0.253 e. The average molecular weight is 325 g/mol. The Hall–Kier alpha value is -1.33. The van der Waals surface area contributed by atoms with E-state index in [1.807, 2.05) is 24.4 Å². The molecule has 0 radical (unpaired) electrons. The van der Waals surface area contributed by atoms with Gasteiger partial charge in [-0.25, -0.2) is 0 Å². The Morgan fingerprint density at radius 2 is 2.22 bits per heavy atom. The maximum Gasteiger partial charge on any atom is 0.253 e. The van der Waals surface area contributed by atoms with Gasteiger partial charge in [0.1, 0.15) is 0 Å². The molecular weight excluding hydrogens is 312 g/mol. The van der Waals surface area contributed by atoms with Crippen molar-refractivity contribution in [2.45, 2.75) is 13.0 Å². The molecular formula is C13H13BrN2OS. The van der Waals surface area contributed by atoms with Crippen molar-refractivity contribution in [2.24, 2.45) is 0 Å². The van der Waals surface area contributed by atoms with Crippen LogP contribution in [0.4, 0.5) is 5.69 Å². The number of anilines is 1. The summed E-state index contributed by atoms with van der Waals surface area (Å²) in [5.74, 6) is -0.130. The van der Waals surface area contributed by atoms with Crippen LogP contribution >= 0.6 is 27.3 Å². The molecule has 0 saturated carbocycles. The summed E-state index contributed by atoms with van der Waals surface area (Å²) in [6.07, 6.45) is 0. The maximum absolute atomic E-state index is 12.1. The van der Waals surface area contributed by atoms with Crippen LogP contribution in [0.2, 0.25) is 0 Å². The molecule has 3 N–H and O–H groups in total. The highest BCUT2D eigenvalue weighted by Gasteiger charge is 2.14. The fourth-order valence-corrected chi connectivity index (χ4v) is 2.76. The maximum atomic E-state index is 12.1. The zero-order valence-electron chi connectivity index (χ0n) is 9.81. The predicted octanol–water partition coefficient (Wildman–Crippen LogP) is 3.58. The quantitative estimate of drug-likeness (QED) is 0.848. The number of benzene rings is 1. The number of nitrogen functional groups attached to an aromatic ring is 1. The number of rotatable bonds is 3. The summed E-state index contributed by atoms with van der Waals surface area (Å²) in [5.41, 5.74) is 6.82. The first-order valence-corrected chi connectivity index (χ1v) is 7.14. The van der Waals surface area contributed by atoms with Gasteiger partial charge in [-0.1, -0.05) is 6.07 Å². The molecule has 3 nitrogen and oxygen atoms in total. The van der Waals surface area contributed by atoms with Crippen molar-refractivity contribution in [3.8, 4) is 0 Å². The molecule has 1 atom stereocenters. The van der Waals surface area contributed by atoms with Gasteiger partial charge in [0.05, 0.1) is 11.6 Å². The van der Waals surface area contributed by atoms with E-state index in [0.29, 0.717) is 11.3 Å². The molecule has 0 fully saturated rings. The van der Waals surface area contributed by atoms with E-state index in [1.54, 1.807) is 29.5 Å². The highest BCUT2D eigenvalue weighted by atomic mass is 79.9. The summed E-state index contributed by atoms with van der Waals surface area (Å²) in [7, 11) is 0. The highest BCUT2D eigenvalue weighted by Crippen LogP contribution is 2.22. The van der Waals surface area contributed by atoms with E-state index >= 15 is 0 Å². The second-order valence-corrected chi connectivity index (χ2v) is 5.78. The van der Waals surface area contributed by atoms with E-state index in [-0.39, 0.29) is 11.9 Å². The Labute approximate surface area is 118 Å². The van der Waals surface area contributed by atoms with Crippen LogP contribution < -0.4 is 11.1 Å². The minimum absolute atomic E-state index is 0.00849. The van der Waals surface area contributed by atoms with Crippen molar-refractivity contribution >= 4 is 38.9 Å². The average Bonchev–Trinajstić information content (AvgIpc) is 2.85. The van der Waals surface area contributed by atoms with E-state index in [0.717, 1.165) is 9.35 Å². The first-order chi connectivity index (χ1) is 8.58. The zero-order chi connectivity index (χ0) is 13.1. The standard InChI is InChI=1S/C13H13BrN2OS/c1-8(12-3-2-6-18-12)16-13(17)10-7-9(15)4-5-11(10)14/h2-8H,15H2,1H3,(H,16,17)/t8-/m1/s1. The summed E-state index contributed by atoms with van der Waals surface area (Å²) in [6, 6.07) is 9.17. The molecule has 0 unspecified atom stereocenters. The number of carbonyl (C=O) groups excluding carboxylic acids is 1. The van der Waals surface area contributed by atoms with Crippen LogP contribution in [0, 0.1) is 0 Å². The fraction of sp³-hybridized carbons (Fsp3) is 0.154. The topological polar surface area (TPSA) is 55.1 Å². The zero-order valence-corrected chi connectivity index (χ0v) is 12.2. The van der Waals surface area contributed by atoms with Crippen molar-refractivity contribution in [1.29, 1.82) is 0 Å². The third-order valence-corrected chi connectivity index (χ3v) is 4.30. The molecule has 0 saturated heterocycles. The normalized spacial score (nSPS) is 12.1. The number of hydrogen-bond acceptors (Lipinski definition) is 3. The van der Waals surface area contributed by atoms with Gasteiger partial charge in [-0.15, -0.1) is 11.3 Å². The van der Waals surface area contributed by atoms with Crippen molar-refractivity contribution in [2.75, 3.05) is 5.73 Å². The predicted molar refractivity (Wildman–Crippen MR) is 78.8 cm³/mol. The summed E-state index contributed by atoms with van der Waals surface area (Å²) in [4.78, 5) is 13.3. The monoisotopic (exact) mass is 324 g/mol. The molecule has 0 spiro atoms. The van der Waals surface area contributed by atoms with Crippen LogP contribution in [0.1, 0.15) is 28.2 Å². The van der Waals surface area contributed by atoms with Crippen LogP contribution in [0.15, 0.2) is 40.2 Å². The number of halogens is 1. The van der Waals surface area contributed by atoms with Gasteiger partial charge in [-0.05, 0) is 52.5 Å². The van der Waals surface area contributed by atoms with Gasteiger partial charge in [0, 0.05) is 15.0 Å². The largest absolute Gasteiger partial charge is 0.399 e. The molecule has 2 aromatic rings. The van der Waals surface area contributed by atoms with Crippen molar-refractivity contribution in [3.63, 3.8) is 0 Å². The lowest BCUT2D eigenvalue weighted by atomic mass is 10.1. The first kappa shape index (κ1) is 13.1. The number of nitrogens with two attached hydrogens (primary N) is 1. The van der Waals surface area contributed by atoms with Crippen LogP contribution in [-0.4, -0.2) is 5.91 Å². The number of nitrogens with one attached hydrogen (secondary N) is 1. The van der Waals surface area contributed by atoms with Crippen molar-refractivity contribution in [3.05, 3.63) is 50.6 Å². The third-order valence-electron chi connectivity index (χ3n) is 2.55. The molecule has 1 aromatic carbocycles. The second kappa shape index (κ2) is 5.54. The number of thiophene rings is 1. The van der Waals surface area contributed by atoms with E-state index in [2.05, 4.69) is 21.2 Å². The Balaban J connectivity index is 2.15.